The lowest BCUT2D eigenvalue weighted by Crippen LogP contribution is -2.34. The second-order valence-electron chi connectivity index (χ2n) is 7.39. The molecule has 0 fully saturated rings. The molecule has 0 atom stereocenters. The molecule has 8 heteroatoms. The standard InChI is InChI=1S/C24H19N3O4S/c1-14-2-8-18-21(10-14)32-24(27-18)16-4-6-17(7-5-16)26-23(29)22(28)25-12-15-3-9-19-20(11-15)31-13-30-19/h2-11H,12-13H2,1H3,(H,25,28)(H,26,29). The summed E-state index contributed by atoms with van der Waals surface area (Å²) in [6.45, 7) is 2.45. The van der Waals surface area contributed by atoms with E-state index in [1.807, 2.05) is 30.3 Å². The first-order chi connectivity index (χ1) is 15.5. The molecule has 2 heterocycles. The van der Waals surface area contributed by atoms with Crippen LogP contribution in [0.5, 0.6) is 11.5 Å². The third-order valence-electron chi connectivity index (χ3n) is 5.03. The molecule has 32 heavy (non-hydrogen) atoms. The van der Waals surface area contributed by atoms with Crippen LogP contribution in [0.25, 0.3) is 20.8 Å². The molecular weight excluding hydrogens is 426 g/mol. The third kappa shape index (κ3) is 4.13. The Morgan fingerprint density at radius 3 is 2.62 bits per heavy atom. The summed E-state index contributed by atoms with van der Waals surface area (Å²) in [7, 11) is 0. The number of carbonyl (C=O) groups excluding carboxylic acids is 2. The molecule has 2 amide bonds. The van der Waals surface area contributed by atoms with Crippen LogP contribution < -0.4 is 20.1 Å². The van der Waals surface area contributed by atoms with Gasteiger partial charge in [0.15, 0.2) is 11.5 Å². The molecule has 0 saturated heterocycles. The van der Waals surface area contributed by atoms with E-state index in [2.05, 4.69) is 28.6 Å². The fourth-order valence-electron chi connectivity index (χ4n) is 3.35. The fourth-order valence-corrected chi connectivity index (χ4v) is 4.42. The molecule has 0 spiro atoms. The molecule has 0 radical (unpaired) electrons. The van der Waals surface area contributed by atoms with E-state index in [1.54, 1.807) is 35.6 Å². The number of thiazole rings is 1. The van der Waals surface area contributed by atoms with Crippen molar-refractivity contribution in [3.63, 3.8) is 0 Å². The summed E-state index contributed by atoms with van der Waals surface area (Å²) in [5.41, 5.74) is 4.46. The Morgan fingerprint density at radius 1 is 0.969 bits per heavy atom. The van der Waals surface area contributed by atoms with Crippen molar-refractivity contribution in [1.29, 1.82) is 0 Å². The highest BCUT2D eigenvalue weighted by Gasteiger charge is 2.16. The van der Waals surface area contributed by atoms with Gasteiger partial charge in [0.25, 0.3) is 0 Å². The lowest BCUT2D eigenvalue weighted by Gasteiger charge is -2.08. The van der Waals surface area contributed by atoms with Crippen LogP contribution >= 0.6 is 11.3 Å². The lowest BCUT2D eigenvalue weighted by molar-refractivity contribution is -0.136. The number of aromatic nitrogens is 1. The Kier molecular flexibility index (Phi) is 5.20. The number of aryl methyl sites for hydroxylation is 1. The minimum atomic E-state index is -0.728. The highest BCUT2D eigenvalue weighted by Crippen LogP contribution is 2.33. The molecule has 7 nitrogen and oxygen atoms in total. The summed E-state index contributed by atoms with van der Waals surface area (Å²) in [6.07, 6.45) is 0. The first-order valence-electron chi connectivity index (χ1n) is 10.0. The highest BCUT2D eigenvalue weighted by molar-refractivity contribution is 7.21. The van der Waals surface area contributed by atoms with E-state index in [0.29, 0.717) is 17.2 Å². The van der Waals surface area contributed by atoms with Gasteiger partial charge in [0, 0.05) is 17.8 Å². The number of carbonyl (C=O) groups is 2. The van der Waals surface area contributed by atoms with E-state index >= 15 is 0 Å². The minimum absolute atomic E-state index is 0.185. The molecule has 2 N–H and O–H groups in total. The number of ether oxygens (including phenoxy) is 2. The summed E-state index contributed by atoms with van der Waals surface area (Å²) in [4.78, 5) is 29.1. The number of anilines is 1. The zero-order valence-corrected chi connectivity index (χ0v) is 18.0. The molecule has 0 aliphatic carbocycles. The molecule has 0 saturated carbocycles. The van der Waals surface area contributed by atoms with Crippen molar-refractivity contribution >= 4 is 39.1 Å². The Labute approximate surface area is 188 Å². The van der Waals surface area contributed by atoms with Crippen LogP contribution in [0.2, 0.25) is 0 Å². The molecular formula is C24H19N3O4S. The van der Waals surface area contributed by atoms with Crippen LogP contribution in [0.1, 0.15) is 11.1 Å². The highest BCUT2D eigenvalue weighted by atomic mass is 32.1. The van der Waals surface area contributed by atoms with Crippen molar-refractivity contribution in [2.75, 3.05) is 12.1 Å². The van der Waals surface area contributed by atoms with Gasteiger partial charge >= 0.3 is 11.8 Å². The van der Waals surface area contributed by atoms with Crippen molar-refractivity contribution in [2.45, 2.75) is 13.5 Å². The fraction of sp³-hybridized carbons (Fsp3) is 0.125. The van der Waals surface area contributed by atoms with Crippen molar-refractivity contribution in [3.8, 4) is 22.1 Å². The van der Waals surface area contributed by atoms with Gasteiger partial charge in [-0.05, 0) is 66.6 Å². The van der Waals surface area contributed by atoms with Gasteiger partial charge in [-0.1, -0.05) is 12.1 Å². The number of nitrogens with one attached hydrogen (secondary N) is 2. The van der Waals surface area contributed by atoms with Crippen LogP contribution in [0.4, 0.5) is 5.69 Å². The maximum Gasteiger partial charge on any atom is 0.313 e. The smallest absolute Gasteiger partial charge is 0.313 e. The second kappa shape index (κ2) is 8.32. The van der Waals surface area contributed by atoms with Gasteiger partial charge < -0.3 is 20.1 Å². The van der Waals surface area contributed by atoms with E-state index in [4.69, 9.17) is 9.47 Å². The number of rotatable bonds is 4. The van der Waals surface area contributed by atoms with Crippen LogP contribution in [-0.2, 0) is 16.1 Å². The quantitative estimate of drug-likeness (QED) is 0.458. The van der Waals surface area contributed by atoms with Crippen LogP contribution in [-0.4, -0.2) is 23.6 Å². The van der Waals surface area contributed by atoms with Crippen LogP contribution in [0.15, 0.2) is 60.7 Å². The van der Waals surface area contributed by atoms with E-state index in [0.717, 1.165) is 26.4 Å². The number of amides is 2. The van der Waals surface area contributed by atoms with Gasteiger partial charge in [0.05, 0.1) is 10.2 Å². The predicted molar refractivity (Wildman–Crippen MR) is 123 cm³/mol. The Bertz CT molecular complexity index is 1330. The zero-order valence-electron chi connectivity index (χ0n) is 17.2. The largest absolute Gasteiger partial charge is 0.454 e. The molecule has 5 rings (SSSR count). The molecule has 3 aromatic carbocycles. The Hall–Kier alpha value is -3.91. The average molecular weight is 446 g/mol. The number of hydrogen-bond acceptors (Lipinski definition) is 6. The first-order valence-corrected chi connectivity index (χ1v) is 10.8. The zero-order chi connectivity index (χ0) is 22.1. The van der Waals surface area contributed by atoms with E-state index in [-0.39, 0.29) is 13.3 Å². The summed E-state index contributed by atoms with van der Waals surface area (Å²) >= 11 is 1.62. The predicted octanol–water partition coefficient (Wildman–Crippen LogP) is 4.26. The number of fused-ring (bicyclic) bond motifs is 2. The maximum atomic E-state index is 12.2. The summed E-state index contributed by atoms with van der Waals surface area (Å²) < 4.78 is 11.7. The molecule has 4 aromatic rings. The normalized spacial score (nSPS) is 12.0. The van der Waals surface area contributed by atoms with E-state index in [9.17, 15) is 9.59 Å². The van der Waals surface area contributed by atoms with Gasteiger partial charge in [0.2, 0.25) is 6.79 Å². The van der Waals surface area contributed by atoms with Crippen molar-refractivity contribution < 1.29 is 19.1 Å². The summed E-state index contributed by atoms with van der Waals surface area (Å²) in [5.74, 6) is -0.144. The Balaban J connectivity index is 1.20. The molecule has 160 valence electrons. The molecule has 0 unspecified atom stereocenters. The topological polar surface area (TPSA) is 89.6 Å². The molecule has 1 aliphatic rings. The van der Waals surface area contributed by atoms with Gasteiger partial charge in [-0.3, -0.25) is 9.59 Å². The van der Waals surface area contributed by atoms with Gasteiger partial charge in [-0.15, -0.1) is 11.3 Å². The molecule has 0 bridgehead atoms. The summed E-state index contributed by atoms with van der Waals surface area (Å²) in [5, 5.41) is 6.14. The molecule has 1 aromatic heterocycles. The van der Waals surface area contributed by atoms with Gasteiger partial charge in [-0.2, -0.15) is 0 Å². The molecule has 1 aliphatic heterocycles. The summed E-state index contributed by atoms with van der Waals surface area (Å²) in [6, 6.07) is 18.8. The first kappa shape index (κ1) is 20.0. The van der Waals surface area contributed by atoms with Crippen molar-refractivity contribution in [3.05, 3.63) is 71.8 Å². The Morgan fingerprint density at radius 2 is 1.78 bits per heavy atom. The van der Waals surface area contributed by atoms with Crippen LogP contribution in [0, 0.1) is 6.92 Å². The lowest BCUT2D eigenvalue weighted by atomic mass is 10.2. The monoisotopic (exact) mass is 445 g/mol. The van der Waals surface area contributed by atoms with Gasteiger partial charge in [-0.25, -0.2) is 4.98 Å². The minimum Gasteiger partial charge on any atom is -0.454 e. The number of hydrogen-bond donors (Lipinski definition) is 2. The van der Waals surface area contributed by atoms with Crippen LogP contribution in [0.3, 0.4) is 0 Å². The third-order valence-corrected chi connectivity index (χ3v) is 6.10. The van der Waals surface area contributed by atoms with Crippen molar-refractivity contribution in [1.82, 2.24) is 10.3 Å². The van der Waals surface area contributed by atoms with Gasteiger partial charge in [0.1, 0.15) is 5.01 Å². The second-order valence-corrected chi connectivity index (χ2v) is 8.42. The maximum absolute atomic E-state index is 12.2. The van der Waals surface area contributed by atoms with E-state index < -0.39 is 11.8 Å². The SMILES string of the molecule is Cc1ccc2nc(-c3ccc(NC(=O)C(=O)NCc4ccc5c(c4)OCO5)cc3)sc2c1. The van der Waals surface area contributed by atoms with Crippen molar-refractivity contribution in [2.24, 2.45) is 0 Å². The van der Waals surface area contributed by atoms with E-state index in [1.165, 1.54) is 5.56 Å². The average Bonchev–Trinajstić information content (AvgIpc) is 3.44. The number of nitrogens with zero attached hydrogens (tertiary/aromatic N) is 1. The number of benzene rings is 3.